The molecule has 0 bridgehead atoms. The minimum absolute atomic E-state index is 0.232. The summed E-state index contributed by atoms with van der Waals surface area (Å²) in [6.07, 6.45) is 0. The van der Waals surface area contributed by atoms with Crippen LogP contribution in [0.5, 0.6) is 0 Å². The summed E-state index contributed by atoms with van der Waals surface area (Å²) in [4.78, 5) is -0.244. The predicted molar refractivity (Wildman–Crippen MR) is 45.7 cm³/mol. The molecule has 0 amide bonds. The summed E-state index contributed by atoms with van der Waals surface area (Å²) < 4.78 is 43.1. The first-order valence-corrected chi connectivity index (χ1v) is 5.01. The molecule has 0 unspecified atom stereocenters. The molecule has 1 aromatic rings. The molecule has 1 aromatic carbocycles. The van der Waals surface area contributed by atoms with Gasteiger partial charge in [-0.05, 0) is 37.1 Å². The fourth-order valence-electron chi connectivity index (χ4n) is 1.04. The largest absolute Gasteiger partial charge is 0.294 e. The number of benzene rings is 1. The lowest BCUT2D eigenvalue weighted by molar-refractivity contribution is 0.482. The maximum absolute atomic E-state index is 12.9. The number of hydrogen-bond acceptors (Lipinski definition) is 2. The van der Waals surface area contributed by atoms with Gasteiger partial charge in [0.1, 0.15) is 5.82 Å². The van der Waals surface area contributed by atoms with Crippen LogP contribution in [-0.4, -0.2) is 13.0 Å². The van der Waals surface area contributed by atoms with E-state index in [4.69, 9.17) is 4.55 Å². The molecule has 0 saturated heterocycles. The summed E-state index contributed by atoms with van der Waals surface area (Å²) in [5.74, 6) is -0.482. The van der Waals surface area contributed by atoms with Gasteiger partial charge in [0.05, 0.1) is 4.90 Å². The Morgan fingerprint density at radius 3 is 2.23 bits per heavy atom. The van der Waals surface area contributed by atoms with Crippen LogP contribution in [-0.2, 0) is 10.1 Å². The standard InChI is InChI=1S/C8H9FO3S/c1-5-6(2)8(13(10,11)12)4-3-7(5)9/h3-4H,1-2H3,(H,10,11,12). The third-order valence-electron chi connectivity index (χ3n) is 1.95. The summed E-state index contributed by atoms with van der Waals surface area (Å²) in [5.41, 5.74) is 0.470. The van der Waals surface area contributed by atoms with Gasteiger partial charge >= 0.3 is 0 Å². The molecule has 0 aliphatic heterocycles. The van der Waals surface area contributed by atoms with Crippen molar-refractivity contribution in [3.8, 4) is 0 Å². The molecule has 0 aliphatic rings. The van der Waals surface area contributed by atoms with E-state index in [-0.39, 0.29) is 16.0 Å². The molecule has 13 heavy (non-hydrogen) atoms. The first-order chi connectivity index (χ1) is 5.84. The van der Waals surface area contributed by atoms with Crippen LogP contribution < -0.4 is 0 Å². The van der Waals surface area contributed by atoms with Crippen molar-refractivity contribution >= 4 is 10.1 Å². The molecule has 1 rings (SSSR count). The van der Waals surface area contributed by atoms with Crippen molar-refractivity contribution < 1.29 is 17.4 Å². The molecule has 1 N–H and O–H groups in total. The summed E-state index contributed by atoms with van der Waals surface area (Å²) in [7, 11) is -4.24. The molecule has 0 aromatic heterocycles. The van der Waals surface area contributed by atoms with Gasteiger partial charge in [-0.25, -0.2) is 4.39 Å². The second-order valence-electron chi connectivity index (χ2n) is 2.77. The maximum atomic E-state index is 12.9. The minimum Gasteiger partial charge on any atom is -0.282 e. The van der Waals surface area contributed by atoms with E-state index in [0.29, 0.717) is 0 Å². The van der Waals surface area contributed by atoms with Crippen molar-refractivity contribution in [1.82, 2.24) is 0 Å². The van der Waals surface area contributed by atoms with Gasteiger partial charge in [-0.2, -0.15) is 8.42 Å². The van der Waals surface area contributed by atoms with Crippen LogP contribution in [0.1, 0.15) is 11.1 Å². The average molecular weight is 204 g/mol. The van der Waals surface area contributed by atoms with Crippen LogP contribution in [0.4, 0.5) is 4.39 Å². The van der Waals surface area contributed by atoms with E-state index in [1.165, 1.54) is 13.8 Å². The lowest BCUT2D eigenvalue weighted by atomic mass is 10.1. The highest BCUT2D eigenvalue weighted by Crippen LogP contribution is 2.20. The molecule has 0 atom stereocenters. The lowest BCUT2D eigenvalue weighted by Crippen LogP contribution is -2.03. The van der Waals surface area contributed by atoms with Crippen LogP contribution in [0.2, 0.25) is 0 Å². The summed E-state index contributed by atoms with van der Waals surface area (Å²) in [6, 6.07) is 2.07. The predicted octanol–water partition coefficient (Wildman–Crippen LogP) is 1.69. The Hall–Kier alpha value is -0.940. The van der Waals surface area contributed by atoms with Gasteiger partial charge in [0, 0.05) is 0 Å². The van der Waals surface area contributed by atoms with Crippen molar-refractivity contribution in [1.29, 1.82) is 0 Å². The van der Waals surface area contributed by atoms with E-state index in [2.05, 4.69) is 0 Å². The van der Waals surface area contributed by atoms with Crippen LogP contribution >= 0.6 is 0 Å². The molecule has 3 nitrogen and oxygen atoms in total. The van der Waals surface area contributed by atoms with E-state index < -0.39 is 15.9 Å². The van der Waals surface area contributed by atoms with Gasteiger partial charge in [0.25, 0.3) is 10.1 Å². The molecule has 0 spiro atoms. The Morgan fingerprint density at radius 2 is 1.77 bits per heavy atom. The van der Waals surface area contributed by atoms with Gasteiger partial charge in [0.15, 0.2) is 0 Å². The molecular formula is C8H9FO3S. The van der Waals surface area contributed by atoms with Gasteiger partial charge in [-0.1, -0.05) is 0 Å². The Bertz CT molecular complexity index is 437. The molecule has 0 heterocycles. The van der Waals surface area contributed by atoms with Gasteiger partial charge in [0.2, 0.25) is 0 Å². The normalized spacial score (nSPS) is 11.7. The summed E-state index contributed by atoms with van der Waals surface area (Å²) in [5, 5.41) is 0. The molecule has 72 valence electrons. The first-order valence-electron chi connectivity index (χ1n) is 3.57. The molecule has 0 radical (unpaired) electrons. The van der Waals surface area contributed by atoms with E-state index in [1.807, 2.05) is 0 Å². The second kappa shape index (κ2) is 3.08. The highest BCUT2D eigenvalue weighted by atomic mass is 32.2. The molecule has 0 fully saturated rings. The number of hydrogen-bond donors (Lipinski definition) is 1. The van der Waals surface area contributed by atoms with Crippen LogP contribution in [0.3, 0.4) is 0 Å². The van der Waals surface area contributed by atoms with E-state index >= 15 is 0 Å². The van der Waals surface area contributed by atoms with E-state index in [0.717, 1.165) is 12.1 Å². The summed E-state index contributed by atoms with van der Waals surface area (Å²) in [6.45, 7) is 2.90. The van der Waals surface area contributed by atoms with Gasteiger partial charge in [-0.15, -0.1) is 0 Å². The van der Waals surface area contributed by atoms with Crippen molar-refractivity contribution in [3.05, 3.63) is 29.1 Å². The summed E-state index contributed by atoms with van der Waals surface area (Å²) >= 11 is 0. The maximum Gasteiger partial charge on any atom is 0.294 e. The van der Waals surface area contributed by atoms with Gasteiger partial charge < -0.3 is 0 Å². The third-order valence-corrected chi connectivity index (χ3v) is 2.95. The number of rotatable bonds is 1. The van der Waals surface area contributed by atoms with Crippen molar-refractivity contribution in [3.63, 3.8) is 0 Å². The zero-order valence-corrected chi connectivity index (χ0v) is 8.02. The topological polar surface area (TPSA) is 54.4 Å². The molecule has 5 heteroatoms. The Labute approximate surface area is 76.0 Å². The average Bonchev–Trinajstić information content (AvgIpc) is 1.98. The Balaban J connectivity index is 3.53. The van der Waals surface area contributed by atoms with Crippen LogP contribution in [0.25, 0.3) is 0 Å². The van der Waals surface area contributed by atoms with Crippen molar-refractivity contribution in [2.45, 2.75) is 18.7 Å². The minimum atomic E-state index is -4.24. The third kappa shape index (κ3) is 1.87. The quantitative estimate of drug-likeness (QED) is 0.708. The number of halogens is 1. The molecule has 0 saturated carbocycles. The first kappa shape index (κ1) is 10.1. The zero-order valence-electron chi connectivity index (χ0n) is 7.20. The molecular weight excluding hydrogens is 195 g/mol. The molecule has 0 aliphatic carbocycles. The Kier molecular flexibility index (Phi) is 2.40. The second-order valence-corrected chi connectivity index (χ2v) is 4.16. The van der Waals surface area contributed by atoms with E-state index in [1.54, 1.807) is 0 Å². The highest BCUT2D eigenvalue weighted by molar-refractivity contribution is 7.85. The van der Waals surface area contributed by atoms with Crippen LogP contribution in [0, 0.1) is 19.7 Å². The Morgan fingerprint density at radius 1 is 1.23 bits per heavy atom. The highest BCUT2D eigenvalue weighted by Gasteiger charge is 2.15. The zero-order chi connectivity index (χ0) is 10.2. The fraction of sp³-hybridized carbons (Fsp3) is 0.250. The van der Waals surface area contributed by atoms with Crippen molar-refractivity contribution in [2.24, 2.45) is 0 Å². The van der Waals surface area contributed by atoms with E-state index in [9.17, 15) is 12.8 Å². The smallest absolute Gasteiger partial charge is 0.282 e. The fourth-order valence-corrected chi connectivity index (χ4v) is 1.82. The lowest BCUT2D eigenvalue weighted by Gasteiger charge is -2.05. The van der Waals surface area contributed by atoms with Gasteiger partial charge in [-0.3, -0.25) is 4.55 Å². The SMILES string of the molecule is Cc1c(F)ccc(S(=O)(=O)O)c1C. The monoisotopic (exact) mass is 204 g/mol. The van der Waals surface area contributed by atoms with Crippen molar-refractivity contribution in [2.75, 3.05) is 0 Å². The van der Waals surface area contributed by atoms with Crippen LogP contribution in [0.15, 0.2) is 17.0 Å².